The molecular weight excluding hydrogens is 791 g/mol. The SMILES string of the molecule is CCc1c(N2CCN(C(=O)c3ncnc(C)c3OCc3ccccc3)CC2)c(=O)n2nc(-c3cnc4[nH]ccc4c3)nc2n1CC(=O)Nc1ccc(C(F)(F)F)cc1Cl. The summed E-state index contributed by atoms with van der Waals surface area (Å²) in [5.41, 5.74) is 1.95. The molecule has 15 nitrogen and oxygen atoms in total. The molecule has 0 atom stereocenters. The maximum absolute atomic E-state index is 14.5. The van der Waals surface area contributed by atoms with Crippen molar-refractivity contribution in [2.45, 2.75) is 39.6 Å². The first-order valence-corrected chi connectivity index (χ1v) is 18.9. The highest BCUT2D eigenvalue weighted by molar-refractivity contribution is 6.33. The Bertz CT molecular complexity index is 2780. The lowest BCUT2D eigenvalue weighted by atomic mass is 10.2. The Kier molecular flexibility index (Phi) is 10.5. The van der Waals surface area contributed by atoms with Crippen LogP contribution in [0.5, 0.6) is 5.75 Å². The van der Waals surface area contributed by atoms with Gasteiger partial charge in [-0.25, -0.2) is 15.0 Å². The van der Waals surface area contributed by atoms with E-state index in [-0.39, 0.29) is 84.6 Å². The van der Waals surface area contributed by atoms with Crippen LogP contribution in [0.15, 0.2) is 84.2 Å². The third-order valence-corrected chi connectivity index (χ3v) is 10.3. The Hall–Kier alpha value is -6.82. The normalized spacial score (nSPS) is 13.3. The number of halogens is 4. The van der Waals surface area contributed by atoms with Gasteiger partial charge in [-0.1, -0.05) is 48.9 Å². The van der Waals surface area contributed by atoms with Crippen molar-refractivity contribution in [3.8, 4) is 17.1 Å². The second kappa shape index (κ2) is 15.8. The molecular formula is C40H35ClF3N11O4. The van der Waals surface area contributed by atoms with Gasteiger partial charge in [0.05, 0.1) is 27.7 Å². The first kappa shape index (κ1) is 39.0. The van der Waals surface area contributed by atoms with Gasteiger partial charge in [0.2, 0.25) is 11.7 Å². The predicted molar refractivity (Wildman–Crippen MR) is 212 cm³/mol. The number of hydrogen-bond donors (Lipinski definition) is 2. The second-order valence-corrected chi connectivity index (χ2v) is 14.2. The van der Waals surface area contributed by atoms with Crippen molar-refractivity contribution >= 4 is 51.6 Å². The summed E-state index contributed by atoms with van der Waals surface area (Å²) in [4.78, 5) is 66.3. The number of carbonyl (C=O) groups excluding carboxylic acids is 2. The summed E-state index contributed by atoms with van der Waals surface area (Å²) in [6.45, 7) is 4.31. The summed E-state index contributed by atoms with van der Waals surface area (Å²) in [5.74, 6) is -0.468. The fourth-order valence-corrected chi connectivity index (χ4v) is 7.27. The topological polar surface area (TPSA) is 169 Å². The molecule has 0 radical (unpaired) electrons. The van der Waals surface area contributed by atoms with Crippen LogP contribution in [0.2, 0.25) is 5.02 Å². The van der Waals surface area contributed by atoms with E-state index >= 15 is 0 Å². The summed E-state index contributed by atoms with van der Waals surface area (Å²) in [6, 6.07) is 15.8. The minimum atomic E-state index is -4.62. The van der Waals surface area contributed by atoms with Crippen molar-refractivity contribution in [3.05, 3.63) is 123 Å². The monoisotopic (exact) mass is 825 g/mol. The molecule has 2 amide bonds. The number of H-pyrrole nitrogens is 1. The summed E-state index contributed by atoms with van der Waals surface area (Å²) in [5, 5.41) is 7.67. The molecule has 6 heterocycles. The van der Waals surface area contributed by atoms with Crippen molar-refractivity contribution in [2.75, 3.05) is 36.4 Å². The molecule has 1 aliphatic heterocycles. The number of aromatic nitrogens is 8. The number of hydrogen-bond acceptors (Lipinski definition) is 10. The zero-order chi connectivity index (χ0) is 41.4. The average Bonchev–Trinajstić information content (AvgIpc) is 3.90. The average molecular weight is 826 g/mol. The molecule has 0 saturated carbocycles. The minimum absolute atomic E-state index is 0.0265. The van der Waals surface area contributed by atoms with Gasteiger partial charge in [-0.3, -0.25) is 14.4 Å². The van der Waals surface area contributed by atoms with E-state index in [1.807, 2.05) is 54.3 Å². The molecule has 302 valence electrons. The molecule has 0 unspecified atom stereocenters. The number of fused-ring (bicyclic) bond motifs is 2. The van der Waals surface area contributed by atoms with Gasteiger partial charge in [-0.15, -0.1) is 5.10 Å². The highest BCUT2D eigenvalue weighted by atomic mass is 35.5. The van der Waals surface area contributed by atoms with E-state index in [2.05, 4.69) is 30.4 Å². The number of benzene rings is 2. The number of aryl methyl sites for hydroxylation is 1. The van der Waals surface area contributed by atoms with Gasteiger partial charge in [0.25, 0.3) is 11.5 Å². The number of nitrogens with zero attached hydrogens (tertiary/aromatic N) is 9. The van der Waals surface area contributed by atoms with Crippen LogP contribution in [0.25, 0.3) is 28.2 Å². The number of ether oxygens (including phenoxy) is 1. The molecule has 1 aliphatic rings. The Labute approximate surface area is 338 Å². The van der Waals surface area contributed by atoms with E-state index in [1.54, 1.807) is 28.8 Å². The molecule has 7 aromatic rings. The highest BCUT2D eigenvalue weighted by Crippen LogP contribution is 2.34. The Morgan fingerprint density at radius 3 is 2.51 bits per heavy atom. The number of nitrogens with one attached hydrogen (secondary N) is 2. The van der Waals surface area contributed by atoms with Crippen LogP contribution in [-0.4, -0.2) is 82.0 Å². The molecule has 0 bridgehead atoms. The fraction of sp³-hybridized carbons (Fsp3) is 0.250. The molecule has 59 heavy (non-hydrogen) atoms. The minimum Gasteiger partial charge on any atom is -0.485 e. The zero-order valence-corrected chi connectivity index (χ0v) is 32.4. The highest BCUT2D eigenvalue weighted by Gasteiger charge is 2.33. The van der Waals surface area contributed by atoms with E-state index in [1.165, 1.54) is 6.33 Å². The van der Waals surface area contributed by atoms with Crippen LogP contribution in [0, 0.1) is 6.92 Å². The lowest BCUT2D eigenvalue weighted by Gasteiger charge is -2.36. The van der Waals surface area contributed by atoms with Gasteiger partial charge in [-0.2, -0.15) is 22.7 Å². The van der Waals surface area contributed by atoms with E-state index in [0.29, 0.717) is 22.6 Å². The Morgan fingerprint density at radius 2 is 1.78 bits per heavy atom. The van der Waals surface area contributed by atoms with Crippen LogP contribution in [0.4, 0.5) is 24.5 Å². The van der Waals surface area contributed by atoms with Crippen molar-refractivity contribution in [3.63, 3.8) is 0 Å². The first-order chi connectivity index (χ1) is 28.4. The van der Waals surface area contributed by atoms with Gasteiger partial charge < -0.3 is 29.4 Å². The van der Waals surface area contributed by atoms with Crippen molar-refractivity contribution in [1.29, 1.82) is 0 Å². The number of aromatic amines is 1. The van der Waals surface area contributed by atoms with Crippen LogP contribution in [0.1, 0.15) is 39.9 Å². The molecule has 19 heteroatoms. The standard InChI is InChI=1S/C40H35ClF3N11O4/c1-3-30-33(52-13-15-53(16-14-52)37(57)32-34(23(2)47-22-48-32)59-21-24-7-5-4-6-8-24)38(58)55-39(50-36(51-55)26-17-25-11-12-45-35(25)46-19-26)54(30)20-31(56)49-29-10-9-27(18-28(29)41)40(42,43)44/h4-12,17-19,22H,3,13-16,20-21H2,1-2H3,(H,45,46)(H,49,56). The molecule has 2 N–H and O–H groups in total. The van der Waals surface area contributed by atoms with Gasteiger partial charge >= 0.3 is 6.18 Å². The zero-order valence-electron chi connectivity index (χ0n) is 31.6. The Balaban J connectivity index is 1.11. The van der Waals surface area contributed by atoms with Gasteiger partial charge in [0.1, 0.15) is 30.8 Å². The molecule has 1 fully saturated rings. The van der Waals surface area contributed by atoms with Crippen molar-refractivity contribution in [2.24, 2.45) is 0 Å². The summed E-state index contributed by atoms with van der Waals surface area (Å²) >= 11 is 6.17. The van der Waals surface area contributed by atoms with E-state index in [4.69, 9.17) is 21.3 Å². The largest absolute Gasteiger partial charge is 0.485 e. The van der Waals surface area contributed by atoms with Gasteiger partial charge in [0.15, 0.2) is 17.3 Å². The quantitative estimate of drug-likeness (QED) is 0.168. The third-order valence-electron chi connectivity index (χ3n) is 9.98. The van der Waals surface area contributed by atoms with Gasteiger partial charge in [-0.05, 0) is 49.2 Å². The van der Waals surface area contributed by atoms with E-state index in [9.17, 15) is 27.6 Å². The maximum atomic E-state index is 14.5. The third kappa shape index (κ3) is 7.77. The Morgan fingerprint density at radius 1 is 1.00 bits per heavy atom. The van der Waals surface area contributed by atoms with Gasteiger partial charge in [0, 0.05) is 49.5 Å². The first-order valence-electron chi connectivity index (χ1n) is 18.5. The summed E-state index contributed by atoms with van der Waals surface area (Å²) < 4.78 is 48.7. The maximum Gasteiger partial charge on any atom is 0.416 e. The molecule has 2 aromatic carbocycles. The van der Waals surface area contributed by atoms with Crippen LogP contribution < -0.4 is 20.5 Å². The number of piperazine rings is 1. The fourth-order valence-electron chi connectivity index (χ4n) is 7.04. The van der Waals surface area contributed by atoms with Crippen molar-refractivity contribution in [1.82, 2.24) is 44.0 Å². The van der Waals surface area contributed by atoms with Crippen LogP contribution >= 0.6 is 11.6 Å². The lowest BCUT2D eigenvalue weighted by molar-refractivity contribution is -0.137. The summed E-state index contributed by atoms with van der Waals surface area (Å²) in [6.07, 6.45) is 0.275. The predicted octanol–water partition coefficient (Wildman–Crippen LogP) is 5.95. The van der Waals surface area contributed by atoms with Crippen LogP contribution in [0.3, 0.4) is 0 Å². The number of rotatable bonds is 10. The molecule has 0 aliphatic carbocycles. The number of carbonyl (C=O) groups is 2. The number of alkyl halides is 3. The molecule has 1 saturated heterocycles. The van der Waals surface area contributed by atoms with Crippen LogP contribution in [-0.2, 0) is 30.5 Å². The summed E-state index contributed by atoms with van der Waals surface area (Å²) in [7, 11) is 0. The second-order valence-electron chi connectivity index (χ2n) is 13.8. The smallest absolute Gasteiger partial charge is 0.416 e. The van der Waals surface area contributed by atoms with E-state index in [0.717, 1.165) is 33.7 Å². The molecule has 5 aromatic heterocycles. The number of anilines is 2. The lowest BCUT2D eigenvalue weighted by Crippen LogP contribution is -2.51. The molecule has 8 rings (SSSR count). The number of amides is 2. The number of pyridine rings is 1. The molecule has 0 spiro atoms. The van der Waals surface area contributed by atoms with E-state index < -0.39 is 29.8 Å². The van der Waals surface area contributed by atoms with Crippen molar-refractivity contribution < 1.29 is 27.5 Å².